The molecule has 2 heterocycles. The molecule has 2 atom stereocenters. The Morgan fingerprint density at radius 3 is 2.52 bits per heavy atom. The summed E-state index contributed by atoms with van der Waals surface area (Å²) in [5.41, 5.74) is 0.267. The van der Waals surface area contributed by atoms with Crippen molar-refractivity contribution < 1.29 is 14.6 Å². The third kappa shape index (κ3) is 5.16. The zero-order valence-electron chi connectivity index (χ0n) is 18.3. The van der Waals surface area contributed by atoms with Crippen LogP contribution in [0.4, 0.5) is 0 Å². The van der Waals surface area contributed by atoms with Crippen LogP contribution in [0.2, 0.25) is 0 Å². The zero-order chi connectivity index (χ0) is 21.5. The van der Waals surface area contributed by atoms with Crippen LogP contribution in [0.1, 0.15) is 62.0 Å². The lowest BCUT2D eigenvalue weighted by Gasteiger charge is -2.32. The SMILES string of the molecule is O=C(OCC[C@@H](CN1CCCC1)c1cccnc1)C(O)(c1ccccc1)C1CCCC1. The average Bonchev–Trinajstić information content (AvgIpc) is 3.54. The van der Waals surface area contributed by atoms with E-state index in [1.165, 1.54) is 18.4 Å². The van der Waals surface area contributed by atoms with Crippen molar-refractivity contribution in [1.29, 1.82) is 0 Å². The fourth-order valence-corrected chi connectivity index (χ4v) is 5.22. The molecule has 4 rings (SSSR count). The number of rotatable bonds is 9. The maximum Gasteiger partial charge on any atom is 0.343 e. The third-order valence-electron chi connectivity index (χ3n) is 7.00. The summed E-state index contributed by atoms with van der Waals surface area (Å²) >= 11 is 0. The van der Waals surface area contributed by atoms with E-state index in [9.17, 15) is 9.90 Å². The minimum absolute atomic E-state index is 0.0823. The van der Waals surface area contributed by atoms with Gasteiger partial charge in [0.05, 0.1) is 6.61 Å². The van der Waals surface area contributed by atoms with Crippen LogP contribution in [-0.2, 0) is 15.1 Å². The molecule has 31 heavy (non-hydrogen) atoms. The van der Waals surface area contributed by atoms with E-state index in [2.05, 4.69) is 16.0 Å². The Bertz CT molecular complexity index is 817. The molecule has 166 valence electrons. The summed E-state index contributed by atoms with van der Waals surface area (Å²) in [7, 11) is 0. The molecule has 2 fully saturated rings. The van der Waals surface area contributed by atoms with Crippen LogP contribution in [0.3, 0.4) is 0 Å². The molecule has 1 aromatic carbocycles. The topological polar surface area (TPSA) is 62.7 Å². The van der Waals surface area contributed by atoms with Crippen molar-refractivity contribution in [2.45, 2.75) is 56.5 Å². The molecule has 1 aromatic heterocycles. The summed E-state index contributed by atoms with van der Waals surface area (Å²) in [6.45, 7) is 3.51. The van der Waals surface area contributed by atoms with Crippen molar-refractivity contribution in [3.05, 3.63) is 66.0 Å². The molecule has 0 bridgehead atoms. The van der Waals surface area contributed by atoms with Crippen molar-refractivity contribution in [1.82, 2.24) is 9.88 Å². The molecular weight excluding hydrogens is 388 g/mol. The minimum Gasteiger partial charge on any atom is -0.463 e. The molecule has 2 aromatic rings. The molecule has 1 aliphatic heterocycles. The van der Waals surface area contributed by atoms with E-state index in [1.54, 1.807) is 6.20 Å². The highest BCUT2D eigenvalue weighted by atomic mass is 16.5. The predicted octanol–water partition coefficient (Wildman–Crippen LogP) is 4.27. The molecule has 1 unspecified atom stereocenters. The Morgan fingerprint density at radius 1 is 1.10 bits per heavy atom. The second-order valence-corrected chi connectivity index (χ2v) is 9.03. The molecule has 1 saturated carbocycles. The Balaban J connectivity index is 1.43. The number of aromatic nitrogens is 1. The van der Waals surface area contributed by atoms with Gasteiger partial charge in [0.1, 0.15) is 0 Å². The van der Waals surface area contributed by atoms with Crippen LogP contribution >= 0.6 is 0 Å². The average molecular weight is 423 g/mol. The van der Waals surface area contributed by atoms with Crippen LogP contribution in [0, 0.1) is 5.92 Å². The van der Waals surface area contributed by atoms with Gasteiger partial charge < -0.3 is 14.7 Å². The number of carbonyl (C=O) groups is 1. The van der Waals surface area contributed by atoms with Gasteiger partial charge >= 0.3 is 5.97 Å². The molecule has 1 N–H and O–H groups in total. The summed E-state index contributed by atoms with van der Waals surface area (Å²) in [6, 6.07) is 13.4. The highest BCUT2D eigenvalue weighted by molar-refractivity contribution is 5.81. The fraction of sp³-hybridized carbons (Fsp3) is 0.538. The number of pyridine rings is 1. The Morgan fingerprint density at radius 2 is 1.84 bits per heavy atom. The van der Waals surface area contributed by atoms with Crippen molar-refractivity contribution >= 4 is 5.97 Å². The second-order valence-electron chi connectivity index (χ2n) is 9.03. The molecule has 5 nitrogen and oxygen atoms in total. The number of carbonyl (C=O) groups excluding carboxylic acids is 1. The molecule has 1 saturated heterocycles. The number of likely N-dealkylation sites (tertiary alicyclic amines) is 1. The van der Waals surface area contributed by atoms with Crippen molar-refractivity contribution in [3.8, 4) is 0 Å². The molecule has 0 radical (unpaired) electrons. The zero-order valence-corrected chi connectivity index (χ0v) is 18.3. The molecule has 1 aliphatic carbocycles. The van der Waals surface area contributed by atoms with E-state index in [0.29, 0.717) is 12.2 Å². The quantitative estimate of drug-likeness (QED) is 0.612. The van der Waals surface area contributed by atoms with E-state index in [1.807, 2.05) is 42.6 Å². The normalized spacial score (nSPS) is 20.4. The van der Waals surface area contributed by atoms with Gasteiger partial charge in [-0.2, -0.15) is 0 Å². The van der Waals surface area contributed by atoms with Crippen LogP contribution in [0.15, 0.2) is 54.9 Å². The van der Waals surface area contributed by atoms with Crippen molar-refractivity contribution in [3.63, 3.8) is 0 Å². The number of aliphatic hydroxyl groups is 1. The maximum atomic E-state index is 13.2. The molecule has 5 heteroatoms. The first-order valence-electron chi connectivity index (χ1n) is 11.8. The summed E-state index contributed by atoms with van der Waals surface area (Å²) < 4.78 is 5.76. The smallest absolute Gasteiger partial charge is 0.343 e. The van der Waals surface area contributed by atoms with Gasteiger partial charge in [-0.1, -0.05) is 49.2 Å². The van der Waals surface area contributed by atoms with E-state index < -0.39 is 11.6 Å². The number of ether oxygens (including phenoxy) is 1. The largest absolute Gasteiger partial charge is 0.463 e. The fourth-order valence-electron chi connectivity index (χ4n) is 5.22. The summed E-state index contributed by atoms with van der Waals surface area (Å²) in [4.78, 5) is 20.0. The number of benzene rings is 1. The van der Waals surface area contributed by atoms with Crippen LogP contribution < -0.4 is 0 Å². The predicted molar refractivity (Wildman–Crippen MR) is 121 cm³/mol. The molecule has 2 aliphatic rings. The summed E-state index contributed by atoms with van der Waals surface area (Å²) in [5.74, 6) is -0.325. The van der Waals surface area contributed by atoms with Gasteiger partial charge in [-0.05, 0) is 62.4 Å². The molecular formula is C26H34N2O3. The van der Waals surface area contributed by atoms with Crippen molar-refractivity contribution in [2.24, 2.45) is 5.92 Å². The summed E-state index contributed by atoms with van der Waals surface area (Å²) in [6.07, 6.45) is 10.7. The first-order chi connectivity index (χ1) is 15.2. The van der Waals surface area contributed by atoms with E-state index in [4.69, 9.17) is 4.74 Å². The van der Waals surface area contributed by atoms with E-state index >= 15 is 0 Å². The Kier molecular flexibility index (Phi) is 7.36. The second kappa shape index (κ2) is 10.4. The van der Waals surface area contributed by atoms with Gasteiger partial charge in [0.25, 0.3) is 0 Å². The van der Waals surface area contributed by atoms with Gasteiger partial charge in [0.2, 0.25) is 0 Å². The first-order valence-corrected chi connectivity index (χ1v) is 11.8. The van der Waals surface area contributed by atoms with Gasteiger partial charge in [0, 0.05) is 30.8 Å². The lowest BCUT2D eigenvalue weighted by atomic mass is 9.80. The first kappa shape index (κ1) is 22.0. The number of esters is 1. The Hall–Kier alpha value is -2.24. The van der Waals surface area contributed by atoms with Crippen LogP contribution in [0.5, 0.6) is 0 Å². The van der Waals surface area contributed by atoms with E-state index in [0.717, 1.165) is 51.7 Å². The lowest BCUT2D eigenvalue weighted by molar-refractivity contribution is -0.174. The highest BCUT2D eigenvalue weighted by Crippen LogP contribution is 2.41. The van der Waals surface area contributed by atoms with Gasteiger partial charge in [-0.15, -0.1) is 0 Å². The lowest BCUT2D eigenvalue weighted by Crippen LogP contribution is -2.43. The van der Waals surface area contributed by atoms with E-state index in [-0.39, 0.29) is 11.8 Å². The minimum atomic E-state index is -1.56. The monoisotopic (exact) mass is 422 g/mol. The van der Waals surface area contributed by atoms with Gasteiger partial charge in [-0.3, -0.25) is 4.98 Å². The number of hydrogen-bond acceptors (Lipinski definition) is 5. The van der Waals surface area contributed by atoms with Crippen LogP contribution in [-0.4, -0.2) is 47.2 Å². The number of hydrogen-bond donors (Lipinski definition) is 1. The number of nitrogens with zero attached hydrogens (tertiary/aromatic N) is 2. The van der Waals surface area contributed by atoms with Crippen LogP contribution in [0.25, 0.3) is 0 Å². The highest BCUT2D eigenvalue weighted by Gasteiger charge is 2.47. The Labute approximate surface area is 185 Å². The van der Waals surface area contributed by atoms with Gasteiger partial charge in [0.15, 0.2) is 5.60 Å². The standard InChI is InChI=1S/C26H34N2O3/c29-25(26(30,24-12-4-5-13-24)23-10-2-1-3-11-23)31-18-14-22(20-28-16-6-7-17-28)21-9-8-15-27-19-21/h1-3,8-11,15,19,22,24,30H,4-7,12-14,16-18,20H2/t22-,26?/m0/s1. The third-order valence-corrected chi connectivity index (χ3v) is 7.00. The molecule has 0 amide bonds. The van der Waals surface area contributed by atoms with Crippen molar-refractivity contribution in [2.75, 3.05) is 26.2 Å². The molecule has 0 spiro atoms. The maximum absolute atomic E-state index is 13.2. The summed E-state index contributed by atoms with van der Waals surface area (Å²) in [5, 5.41) is 11.6. The van der Waals surface area contributed by atoms with Gasteiger partial charge in [-0.25, -0.2) is 4.79 Å².